The number of aromatic nitrogens is 1. The number of para-hydroxylation sites is 1. The second-order valence-corrected chi connectivity index (χ2v) is 6.08. The quantitative estimate of drug-likeness (QED) is 0.712. The average molecular weight is 347 g/mol. The molecule has 0 atom stereocenters. The van der Waals surface area contributed by atoms with Gasteiger partial charge in [0.15, 0.2) is 0 Å². The first-order chi connectivity index (χ1) is 12.6. The molecular weight excluding hydrogens is 326 g/mol. The molecule has 0 aliphatic carbocycles. The molecule has 3 rings (SSSR count). The molecule has 0 spiro atoms. The smallest absolute Gasteiger partial charge is 0.236 e. The number of nitrogens with one attached hydrogen (secondary N) is 1. The molecule has 1 N–H and O–H groups in total. The highest BCUT2D eigenvalue weighted by molar-refractivity contribution is 6.11. The average Bonchev–Trinajstić information content (AvgIpc) is 2.62. The number of nitrogens with zero attached hydrogens (tertiary/aromatic N) is 2. The molecular formula is C21H21N3O2. The van der Waals surface area contributed by atoms with E-state index < -0.39 is 0 Å². The molecule has 1 heterocycles. The number of amides is 2. The maximum atomic E-state index is 12.6. The van der Waals surface area contributed by atoms with Gasteiger partial charge in [-0.3, -0.25) is 14.6 Å². The Hall–Kier alpha value is -3.21. The summed E-state index contributed by atoms with van der Waals surface area (Å²) < 4.78 is 0. The minimum absolute atomic E-state index is 0.217. The largest absolute Gasteiger partial charge is 0.324 e. The van der Waals surface area contributed by atoms with Crippen LogP contribution in [-0.4, -0.2) is 23.3 Å². The number of hydrogen-bond donors (Lipinski definition) is 1. The summed E-state index contributed by atoms with van der Waals surface area (Å²) in [6.07, 6.45) is 1.46. The third-order valence-electron chi connectivity index (χ3n) is 4.15. The fourth-order valence-electron chi connectivity index (χ4n) is 2.93. The van der Waals surface area contributed by atoms with Gasteiger partial charge in [-0.2, -0.15) is 0 Å². The Kier molecular flexibility index (Phi) is 5.27. The molecule has 0 saturated heterocycles. The predicted octanol–water partition coefficient (Wildman–Crippen LogP) is 3.92. The number of rotatable bonds is 5. The standard InChI is InChI=1S/C21H21N3O2/c1-3-24(17-10-4-7-15(2)13-17)20(26)14-19(25)23-18-11-5-8-16-9-6-12-22-21(16)18/h4-13H,3,14H2,1-2H3,(H,23,25). The molecule has 0 fully saturated rings. The van der Waals surface area contributed by atoms with Crippen LogP contribution in [0.25, 0.3) is 10.9 Å². The van der Waals surface area contributed by atoms with Crippen LogP contribution in [0.1, 0.15) is 18.9 Å². The molecule has 0 unspecified atom stereocenters. The van der Waals surface area contributed by atoms with Gasteiger partial charge in [0.25, 0.3) is 0 Å². The van der Waals surface area contributed by atoms with E-state index in [9.17, 15) is 9.59 Å². The summed E-state index contributed by atoms with van der Waals surface area (Å²) in [6, 6.07) is 17.0. The number of benzene rings is 2. The number of carbonyl (C=O) groups excluding carboxylic acids is 2. The van der Waals surface area contributed by atoms with Crippen molar-refractivity contribution in [2.24, 2.45) is 0 Å². The second-order valence-electron chi connectivity index (χ2n) is 6.08. The van der Waals surface area contributed by atoms with Crippen LogP contribution < -0.4 is 10.2 Å². The zero-order valence-corrected chi connectivity index (χ0v) is 14.9. The molecule has 0 aliphatic rings. The predicted molar refractivity (Wildman–Crippen MR) is 104 cm³/mol. The Bertz CT molecular complexity index is 947. The monoisotopic (exact) mass is 347 g/mol. The van der Waals surface area contributed by atoms with Crippen LogP contribution >= 0.6 is 0 Å². The van der Waals surface area contributed by atoms with Gasteiger partial charge in [0.2, 0.25) is 11.8 Å². The van der Waals surface area contributed by atoms with Crippen molar-refractivity contribution in [3.63, 3.8) is 0 Å². The van der Waals surface area contributed by atoms with Crippen LogP contribution in [0.15, 0.2) is 60.8 Å². The minimum Gasteiger partial charge on any atom is -0.324 e. The van der Waals surface area contributed by atoms with Gasteiger partial charge < -0.3 is 10.2 Å². The summed E-state index contributed by atoms with van der Waals surface area (Å²) in [6.45, 7) is 4.38. The van der Waals surface area contributed by atoms with Gasteiger partial charge in [0, 0.05) is 23.8 Å². The van der Waals surface area contributed by atoms with Crippen LogP contribution in [0, 0.1) is 6.92 Å². The van der Waals surface area contributed by atoms with Crippen LogP contribution in [0.5, 0.6) is 0 Å². The molecule has 2 amide bonds. The lowest BCUT2D eigenvalue weighted by Crippen LogP contribution is -2.33. The van der Waals surface area contributed by atoms with Crippen molar-refractivity contribution < 1.29 is 9.59 Å². The Morgan fingerprint density at radius 1 is 1.08 bits per heavy atom. The highest BCUT2D eigenvalue weighted by Crippen LogP contribution is 2.21. The molecule has 5 heteroatoms. The van der Waals surface area contributed by atoms with Gasteiger partial charge in [-0.05, 0) is 43.7 Å². The molecule has 3 aromatic rings. The summed E-state index contributed by atoms with van der Waals surface area (Å²) in [7, 11) is 0. The molecule has 26 heavy (non-hydrogen) atoms. The molecule has 0 bridgehead atoms. The summed E-state index contributed by atoms with van der Waals surface area (Å²) in [4.78, 5) is 30.9. The van der Waals surface area contributed by atoms with Crippen molar-refractivity contribution in [3.05, 3.63) is 66.4 Å². The highest BCUT2D eigenvalue weighted by Gasteiger charge is 2.18. The van der Waals surface area contributed by atoms with E-state index in [-0.39, 0.29) is 18.2 Å². The van der Waals surface area contributed by atoms with Crippen molar-refractivity contribution in [2.45, 2.75) is 20.3 Å². The van der Waals surface area contributed by atoms with E-state index in [1.54, 1.807) is 17.2 Å². The third kappa shape index (κ3) is 3.88. The van der Waals surface area contributed by atoms with Gasteiger partial charge in [-0.1, -0.05) is 30.3 Å². The number of hydrogen-bond acceptors (Lipinski definition) is 3. The first kappa shape index (κ1) is 17.6. The first-order valence-electron chi connectivity index (χ1n) is 8.59. The first-order valence-corrected chi connectivity index (χ1v) is 8.59. The summed E-state index contributed by atoms with van der Waals surface area (Å²) in [5, 5.41) is 3.75. The molecule has 1 aromatic heterocycles. The van der Waals surface area contributed by atoms with Gasteiger partial charge >= 0.3 is 0 Å². The lowest BCUT2D eigenvalue weighted by Gasteiger charge is -2.21. The molecule has 5 nitrogen and oxygen atoms in total. The number of carbonyl (C=O) groups is 2. The minimum atomic E-state index is -0.348. The van der Waals surface area contributed by atoms with Crippen LogP contribution in [0.4, 0.5) is 11.4 Å². The number of aryl methyl sites for hydroxylation is 1. The van der Waals surface area contributed by atoms with Crippen LogP contribution in [-0.2, 0) is 9.59 Å². The van der Waals surface area contributed by atoms with Crippen LogP contribution in [0.2, 0.25) is 0 Å². The SMILES string of the molecule is CCN(C(=O)CC(=O)Nc1cccc2cccnc12)c1cccc(C)c1. The molecule has 0 saturated carbocycles. The Balaban J connectivity index is 1.73. The normalized spacial score (nSPS) is 10.5. The summed E-state index contributed by atoms with van der Waals surface area (Å²) in [5.41, 5.74) is 3.19. The van der Waals surface area contributed by atoms with E-state index in [0.29, 0.717) is 17.7 Å². The number of anilines is 2. The van der Waals surface area contributed by atoms with E-state index in [1.165, 1.54) is 0 Å². The van der Waals surface area contributed by atoms with Crippen molar-refractivity contribution in [1.82, 2.24) is 4.98 Å². The second kappa shape index (κ2) is 7.78. The van der Waals surface area contributed by atoms with E-state index in [4.69, 9.17) is 0 Å². The lowest BCUT2D eigenvalue weighted by molar-refractivity contribution is -0.125. The maximum Gasteiger partial charge on any atom is 0.236 e. The van der Waals surface area contributed by atoms with Crippen LogP contribution in [0.3, 0.4) is 0 Å². The zero-order valence-electron chi connectivity index (χ0n) is 14.9. The van der Waals surface area contributed by atoms with Crippen molar-refractivity contribution >= 4 is 34.1 Å². The molecule has 132 valence electrons. The Morgan fingerprint density at radius 3 is 2.62 bits per heavy atom. The highest BCUT2D eigenvalue weighted by atomic mass is 16.2. The number of pyridine rings is 1. The number of fused-ring (bicyclic) bond motifs is 1. The Morgan fingerprint density at radius 2 is 1.85 bits per heavy atom. The van der Waals surface area contributed by atoms with E-state index in [0.717, 1.165) is 16.6 Å². The van der Waals surface area contributed by atoms with Gasteiger partial charge in [-0.15, -0.1) is 0 Å². The van der Waals surface area contributed by atoms with E-state index in [1.807, 2.05) is 62.4 Å². The van der Waals surface area contributed by atoms with E-state index >= 15 is 0 Å². The zero-order chi connectivity index (χ0) is 18.5. The fraction of sp³-hybridized carbons (Fsp3) is 0.190. The van der Waals surface area contributed by atoms with Crippen molar-refractivity contribution in [2.75, 3.05) is 16.8 Å². The van der Waals surface area contributed by atoms with Gasteiger partial charge in [0.1, 0.15) is 6.42 Å². The Labute approximate surface area is 152 Å². The topological polar surface area (TPSA) is 62.3 Å². The molecule has 0 radical (unpaired) electrons. The maximum absolute atomic E-state index is 12.6. The van der Waals surface area contributed by atoms with E-state index in [2.05, 4.69) is 10.3 Å². The molecule has 0 aliphatic heterocycles. The third-order valence-corrected chi connectivity index (χ3v) is 4.15. The lowest BCUT2D eigenvalue weighted by atomic mass is 10.2. The van der Waals surface area contributed by atoms with Gasteiger partial charge in [-0.25, -0.2) is 0 Å². The summed E-state index contributed by atoms with van der Waals surface area (Å²) in [5.74, 6) is -0.581. The van der Waals surface area contributed by atoms with Crippen molar-refractivity contribution in [3.8, 4) is 0 Å². The summed E-state index contributed by atoms with van der Waals surface area (Å²) >= 11 is 0. The van der Waals surface area contributed by atoms with Crippen molar-refractivity contribution in [1.29, 1.82) is 0 Å². The molecule has 2 aromatic carbocycles. The van der Waals surface area contributed by atoms with Gasteiger partial charge in [0.05, 0.1) is 11.2 Å². The fourth-order valence-corrected chi connectivity index (χ4v) is 2.93.